The fraction of sp³-hybridized carbons (Fsp3) is 0.571. The van der Waals surface area contributed by atoms with Crippen LogP contribution in [0.15, 0.2) is 26.0 Å². The highest BCUT2D eigenvalue weighted by Gasteiger charge is 2.31. The Morgan fingerprint density at radius 2 is 1.96 bits per heavy atom. The topological polar surface area (TPSA) is 102 Å². The van der Waals surface area contributed by atoms with Gasteiger partial charge in [-0.25, -0.2) is 4.79 Å². The van der Waals surface area contributed by atoms with Crippen molar-refractivity contribution in [2.24, 2.45) is 0 Å². The fourth-order valence-corrected chi connectivity index (χ4v) is 3.92. The Labute approximate surface area is 139 Å². The zero-order chi connectivity index (χ0) is 17.5. The standard InChI is InChI=1S/C14H20N4O5S/c1-10-12(6-9-22-10)13-15-18(14(19)23-13)11-4-7-17(8-5-11)24(20,21)16(2)3/h6,9,11H,4-5,7-8H2,1-3H3. The Hall–Kier alpha value is -1.91. The summed E-state index contributed by atoms with van der Waals surface area (Å²) in [5.41, 5.74) is 0.637. The van der Waals surface area contributed by atoms with Gasteiger partial charge in [-0.1, -0.05) is 0 Å². The lowest BCUT2D eigenvalue weighted by Crippen LogP contribution is -2.45. The van der Waals surface area contributed by atoms with E-state index in [9.17, 15) is 13.2 Å². The van der Waals surface area contributed by atoms with Crippen molar-refractivity contribution in [1.29, 1.82) is 0 Å². The molecule has 1 fully saturated rings. The van der Waals surface area contributed by atoms with Crippen LogP contribution < -0.4 is 5.76 Å². The third-order valence-electron chi connectivity index (χ3n) is 4.22. The minimum Gasteiger partial charge on any atom is -0.469 e. The monoisotopic (exact) mass is 356 g/mol. The summed E-state index contributed by atoms with van der Waals surface area (Å²) in [6.07, 6.45) is 2.51. The molecular formula is C14H20N4O5S. The summed E-state index contributed by atoms with van der Waals surface area (Å²) in [7, 11) is -0.422. The molecule has 132 valence electrons. The maximum atomic E-state index is 12.1. The molecule has 0 unspecified atom stereocenters. The second-order valence-corrected chi connectivity index (χ2v) is 8.07. The number of rotatable bonds is 4. The Balaban J connectivity index is 1.77. The third-order valence-corrected chi connectivity index (χ3v) is 6.16. The molecule has 0 saturated carbocycles. The van der Waals surface area contributed by atoms with E-state index in [1.54, 1.807) is 13.0 Å². The first-order chi connectivity index (χ1) is 11.3. The number of hydrogen-bond donors (Lipinski definition) is 0. The molecule has 9 nitrogen and oxygen atoms in total. The van der Waals surface area contributed by atoms with Crippen molar-refractivity contribution in [3.05, 3.63) is 28.6 Å². The van der Waals surface area contributed by atoms with Crippen molar-refractivity contribution in [2.75, 3.05) is 27.2 Å². The number of piperidine rings is 1. The first-order valence-electron chi connectivity index (χ1n) is 7.62. The molecular weight excluding hydrogens is 336 g/mol. The molecule has 2 aromatic rings. The van der Waals surface area contributed by atoms with Gasteiger partial charge in [0, 0.05) is 27.2 Å². The first-order valence-corrected chi connectivity index (χ1v) is 9.02. The van der Waals surface area contributed by atoms with Gasteiger partial charge >= 0.3 is 5.76 Å². The first kappa shape index (κ1) is 16.9. The van der Waals surface area contributed by atoms with Crippen LogP contribution in [0.1, 0.15) is 24.6 Å². The summed E-state index contributed by atoms with van der Waals surface area (Å²) in [4.78, 5) is 12.1. The predicted molar refractivity (Wildman–Crippen MR) is 85.7 cm³/mol. The Morgan fingerprint density at radius 3 is 2.50 bits per heavy atom. The van der Waals surface area contributed by atoms with Crippen LogP contribution in [0, 0.1) is 6.92 Å². The summed E-state index contributed by atoms with van der Waals surface area (Å²) in [5, 5.41) is 4.26. The maximum absolute atomic E-state index is 12.1. The Morgan fingerprint density at radius 1 is 1.29 bits per heavy atom. The second-order valence-electron chi connectivity index (χ2n) is 5.93. The highest BCUT2D eigenvalue weighted by atomic mass is 32.2. The summed E-state index contributed by atoms with van der Waals surface area (Å²) in [6, 6.07) is 1.51. The van der Waals surface area contributed by atoms with Crippen molar-refractivity contribution in [3.63, 3.8) is 0 Å². The number of nitrogens with zero attached hydrogens (tertiary/aromatic N) is 4. The molecule has 0 bridgehead atoms. The molecule has 0 radical (unpaired) electrons. The maximum Gasteiger partial charge on any atom is 0.437 e. The van der Waals surface area contributed by atoms with E-state index in [0.717, 1.165) is 0 Å². The van der Waals surface area contributed by atoms with Crippen LogP contribution in [0.3, 0.4) is 0 Å². The van der Waals surface area contributed by atoms with Crippen LogP contribution >= 0.6 is 0 Å². The number of hydrogen-bond acceptors (Lipinski definition) is 6. The lowest BCUT2D eigenvalue weighted by molar-refractivity contribution is 0.244. The molecule has 24 heavy (non-hydrogen) atoms. The van der Waals surface area contributed by atoms with Gasteiger partial charge in [0.2, 0.25) is 0 Å². The van der Waals surface area contributed by atoms with Crippen molar-refractivity contribution in [3.8, 4) is 11.5 Å². The van der Waals surface area contributed by atoms with Crippen LogP contribution in [0.4, 0.5) is 0 Å². The molecule has 3 heterocycles. The number of aryl methyl sites for hydroxylation is 1. The van der Waals surface area contributed by atoms with Crippen LogP contribution in [-0.4, -0.2) is 54.0 Å². The minimum absolute atomic E-state index is 0.184. The van der Waals surface area contributed by atoms with Gasteiger partial charge in [-0.2, -0.15) is 21.7 Å². The van der Waals surface area contributed by atoms with Crippen molar-refractivity contribution >= 4 is 10.2 Å². The average Bonchev–Trinajstić information content (AvgIpc) is 3.13. The van der Waals surface area contributed by atoms with Gasteiger partial charge < -0.3 is 8.83 Å². The number of aromatic nitrogens is 2. The molecule has 2 aromatic heterocycles. The van der Waals surface area contributed by atoms with Gasteiger partial charge in [0.05, 0.1) is 17.9 Å². The molecule has 1 saturated heterocycles. The lowest BCUT2D eigenvalue weighted by atomic mass is 10.1. The van der Waals surface area contributed by atoms with Gasteiger partial charge in [-0.15, -0.1) is 5.10 Å². The van der Waals surface area contributed by atoms with Crippen molar-refractivity contribution in [1.82, 2.24) is 18.4 Å². The van der Waals surface area contributed by atoms with Crippen LogP contribution in [-0.2, 0) is 10.2 Å². The van der Waals surface area contributed by atoms with Gasteiger partial charge in [-0.05, 0) is 25.8 Å². The van der Waals surface area contributed by atoms with Gasteiger partial charge in [-0.3, -0.25) is 0 Å². The summed E-state index contributed by atoms with van der Waals surface area (Å²) in [6.45, 7) is 2.44. The molecule has 0 atom stereocenters. The van der Waals surface area contributed by atoms with Crippen LogP contribution in [0.5, 0.6) is 0 Å². The zero-order valence-electron chi connectivity index (χ0n) is 13.8. The number of furan rings is 1. The summed E-state index contributed by atoms with van der Waals surface area (Å²) < 4.78 is 38.6. The van der Waals surface area contributed by atoms with Gasteiger partial charge in [0.15, 0.2) is 0 Å². The SMILES string of the molecule is Cc1occc1-c1nn(C2CCN(S(=O)(=O)N(C)C)CC2)c(=O)o1. The van der Waals surface area contributed by atoms with E-state index in [4.69, 9.17) is 8.83 Å². The quantitative estimate of drug-likeness (QED) is 0.805. The predicted octanol–water partition coefficient (Wildman–Crippen LogP) is 0.848. The molecule has 0 N–H and O–H groups in total. The van der Waals surface area contributed by atoms with E-state index < -0.39 is 16.0 Å². The van der Waals surface area contributed by atoms with E-state index in [0.29, 0.717) is 37.3 Å². The zero-order valence-corrected chi connectivity index (χ0v) is 14.6. The fourth-order valence-electron chi connectivity index (χ4n) is 2.78. The summed E-state index contributed by atoms with van der Waals surface area (Å²) in [5.74, 6) is 0.296. The highest BCUT2D eigenvalue weighted by molar-refractivity contribution is 7.86. The van der Waals surface area contributed by atoms with Gasteiger partial charge in [0.25, 0.3) is 16.1 Å². The molecule has 1 aliphatic rings. The largest absolute Gasteiger partial charge is 0.469 e. The Kier molecular flexibility index (Phi) is 4.37. The third kappa shape index (κ3) is 2.92. The van der Waals surface area contributed by atoms with E-state index in [2.05, 4.69) is 5.10 Å². The highest BCUT2D eigenvalue weighted by Crippen LogP contribution is 2.26. The molecule has 1 aliphatic heterocycles. The van der Waals surface area contributed by atoms with E-state index in [-0.39, 0.29) is 11.9 Å². The van der Waals surface area contributed by atoms with E-state index in [1.165, 1.54) is 33.7 Å². The van der Waals surface area contributed by atoms with E-state index >= 15 is 0 Å². The molecule has 3 rings (SSSR count). The molecule has 0 aromatic carbocycles. The molecule has 10 heteroatoms. The second kappa shape index (κ2) is 6.19. The van der Waals surface area contributed by atoms with E-state index in [1.807, 2.05) is 0 Å². The lowest BCUT2D eigenvalue weighted by Gasteiger charge is -2.32. The van der Waals surface area contributed by atoms with Crippen molar-refractivity contribution < 1.29 is 17.3 Å². The minimum atomic E-state index is -3.43. The van der Waals surface area contributed by atoms with Crippen LogP contribution in [0.2, 0.25) is 0 Å². The average molecular weight is 356 g/mol. The van der Waals surface area contributed by atoms with Gasteiger partial charge in [0.1, 0.15) is 5.76 Å². The molecule has 0 aliphatic carbocycles. The summed E-state index contributed by atoms with van der Waals surface area (Å²) >= 11 is 0. The molecule has 0 spiro atoms. The van der Waals surface area contributed by atoms with Crippen molar-refractivity contribution in [2.45, 2.75) is 25.8 Å². The normalized spacial score (nSPS) is 17.7. The molecule has 0 amide bonds. The van der Waals surface area contributed by atoms with Crippen LogP contribution in [0.25, 0.3) is 11.5 Å². The Bertz CT molecular complexity index is 871. The smallest absolute Gasteiger partial charge is 0.437 e.